The van der Waals surface area contributed by atoms with Crippen molar-refractivity contribution in [3.63, 3.8) is 0 Å². The summed E-state index contributed by atoms with van der Waals surface area (Å²) in [6.45, 7) is 0. The van der Waals surface area contributed by atoms with Gasteiger partial charge in [0.25, 0.3) is 0 Å². The molecule has 1 atom stereocenters. The molecule has 0 aromatic heterocycles. The first kappa shape index (κ1) is 13.7. The molecule has 5 heteroatoms. The average molecular weight is 256 g/mol. The summed E-state index contributed by atoms with van der Waals surface area (Å²) in [4.78, 5) is 0. The molecule has 0 fully saturated rings. The predicted octanol–water partition coefficient (Wildman–Crippen LogP) is 1.25. The normalized spacial score (nSPS) is 27.9. The fraction of sp³-hybridized carbons (Fsp3) is 0.692. The Morgan fingerprint density at radius 2 is 1.39 bits per heavy atom. The maximum atomic E-state index is 5.52. The highest BCUT2D eigenvalue weighted by atomic mass is 16.7. The molecule has 2 aliphatic carbocycles. The quantitative estimate of drug-likeness (QED) is 0.547. The Bertz CT molecular complexity index is 377. The molecule has 0 aliphatic heterocycles. The van der Waals surface area contributed by atoms with Crippen LogP contribution in [0.15, 0.2) is 23.3 Å². The minimum atomic E-state index is -0.880. The van der Waals surface area contributed by atoms with Gasteiger partial charge in [-0.25, -0.2) is 0 Å². The first-order valence-electron chi connectivity index (χ1n) is 5.80. The van der Waals surface area contributed by atoms with Crippen LogP contribution in [-0.2, 0) is 23.7 Å². The zero-order valence-electron chi connectivity index (χ0n) is 11.5. The van der Waals surface area contributed by atoms with Gasteiger partial charge < -0.3 is 23.7 Å². The van der Waals surface area contributed by atoms with Gasteiger partial charge in [0.15, 0.2) is 0 Å². The zero-order chi connectivity index (χ0) is 13.4. The van der Waals surface area contributed by atoms with Gasteiger partial charge in [0.05, 0.1) is 6.10 Å². The van der Waals surface area contributed by atoms with Crippen molar-refractivity contribution in [3.8, 4) is 0 Å². The van der Waals surface area contributed by atoms with Crippen LogP contribution < -0.4 is 0 Å². The number of hydrogen-bond acceptors (Lipinski definition) is 5. The van der Waals surface area contributed by atoms with Gasteiger partial charge in [-0.05, 0) is 12.2 Å². The Hall–Kier alpha value is -0.720. The van der Waals surface area contributed by atoms with Crippen LogP contribution in [0, 0.1) is 0 Å². The van der Waals surface area contributed by atoms with E-state index in [1.54, 1.807) is 35.5 Å². The summed E-state index contributed by atoms with van der Waals surface area (Å²) in [5.41, 5.74) is 1.94. The second-order valence-electron chi connectivity index (χ2n) is 4.31. The van der Waals surface area contributed by atoms with Gasteiger partial charge >= 0.3 is 0 Å². The topological polar surface area (TPSA) is 46.2 Å². The minimum absolute atomic E-state index is 0.0328. The third-order valence-electron chi connectivity index (χ3n) is 3.85. The Kier molecular flexibility index (Phi) is 3.62. The van der Waals surface area contributed by atoms with Crippen LogP contribution in [0.1, 0.15) is 6.42 Å². The molecule has 0 N–H and O–H groups in total. The van der Waals surface area contributed by atoms with E-state index in [0.29, 0.717) is 0 Å². The molecule has 2 aliphatic rings. The number of ether oxygens (including phenoxy) is 5. The van der Waals surface area contributed by atoms with E-state index in [1.165, 1.54) is 0 Å². The smallest absolute Gasteiger partial charge is 0.213 e. The van der Waals surface area contributed by atoms with Crippen molar-refractivity contribution in [1.82, 2.24) is 0 Å². The largest absolute Gasteiger partial charge is 0.377 e. The van der Waals surface area contributed by atoms with E-state index in [2.05, 4.69) is 0 Å². The van der Waals surface area contributed by atoms with E-state index >= 15 is 0 Å². The highest BCUT2D eigenvalue weighted by molar-refractivity contribution is 5.49. The number of rotatable bonds is 5. The molecule has 5 nitrogen and oxygen atoms in total. The Labute approximate surface area is 107 Å². The van der Waals surface area contributed by atoms with Crippen molar-refractivity contribution < 1.29 is 23.7 Å². The van der Waals surface area contributed by atoms with Gasteiger partial charge in [-0.2, -0.15) is 0 Å². The molecule has 0 saturated heterocycles. The van der Waals surface area contributed by atoms with Crippen molar-refractivity contribution >= 4 is 0 Å². The minimum Gasteiger partial charge on any atom is -0.377 e. The molecule has 1 unspecified atom stereocenters. The van der Waals surface area contributed by atoms with Gasteiger partial charge in [-0.1, -0.05) is 0 Å². The average Bonchev–Trinajstić information content (AvgIpc) is 2.40. The molecule has 18 heavy (non-hydrogen) atoms. The molecule has 0 bridgehead atoms. The summed E-state index contributed by atoms with van der Waals surface area (Å²) in [6, 6.07) is 0. The van der Waals surface area contributed by atoms with Crippen LogP contribution in [0.4, 0.5) is 0 Å². The second kappa shape index (κ2) is 4.75. The summed E-state index contributed by atoms with van der Waals surface area (Å²) in [6.07, 6.45) is 4.34. The second-order valence-corrected chi connectivity index (χ2v) is 4.31. The monoisotopic (exact) mass is 256 g/mol. The number of hydrogen-bond donors (Lipinski definition) is 0. The maximum Gasteiger partial charge on any atom is 0.213 e. The maximum absolute atomic E-state index is 5.52. The highest BCUT2D eigenvalue weighted by Gasteiger charge is 2.54. The van der Waals surface area contributed by atoms with E-state index in [9.17, 15) is 0 Å². The van der Waals surface area contributed by atoms with Crippen LogP contribution in [0.5, 0.6) is 0 Å². The van der Waals surface area contributed by atoms with Crippen molar-refractivity contribution in [3.05, 3.63) is 23.3 Å². The van der Waals surface area contributed by atoms with Gasteiger partial charge in [0, 0.05) is 53.1 Å². The highest BCUT2D eigenvalue weighted by Crippen LogP contribution is 2.50. The van der Waals surface area contributed by atoms with Crippen molar-refractivity contribution in [2.75, 3.05) is 35.5 Å². The van der Waals surface area contributed by atoms with Crippen LogP contribution in [-0.4, -0.2) is 53.2 Å². The molecule has 102 valence electrons. The molecule has 0 aromatic carbocycles. The fourth-order valence-corrected chi connectivity index (χ4v) is 2.74. The third-order valence-corrected chi connectivity index (χ3v) is 3.85. The molecule has 0 heterocycles. The molecule has 0 amide bonds. The first-order valence-corrected chi connectivity index (χ1v) is 5.80. The van der Waals surface area contributed by atoms with E-state index in [1.807, 2.05) is 12.2 Å². The molecule has 0 aromatic rings. The number of methoxy groups -OCH3 is 5. The van der Waals surface area contributed by atoms with Crippen molar-refractivity contribution in [2.24, 2.45) is 0 Å². The van der Waals surface area contributed by atoms with Crippen LogP contribution in [0.2, 0.25) is 0 Å². The van der Waals surface area contributed by atoms with E-state index in [0.717, 1.165) is 17.6 Å². The van der Waals surface area contributed by atoms with Crippen molar-refractivity contribution in [1.29, 1.82) is 0 Å². The lowest BCUT2D eigenvalue weighted by Gasteiger charge is -2.50. The van der Waals surface area contributed by atoms with Gasteiger partial charge in [0.1, 0.15) is 0 Å². The molecule has 0 spiro atoms. The van der Waals surface area contributed by atoms with Gasteiger partial charge in [-0.15, -0.1) is 0 Å². The fourth-order valence-electron chi connectivity index (χ4n) is 2.74. The Morgan fingerprint density at radius 3 is 1.83 bits per heavy atom. The summed E-state index contributed by atoms with van der Waals surface area (Å²) < 4.78 is 27.5. The summed E-state index contributed by atoms with van der Waals surface area (Å²) in [5.74, 6) is -1.71. The van der Waals surface area contributed by atoms with E-state index < -0.39 is 11.6 Å². The zero-order valence-corrected chi connectivity index (χ0v) is 11.5. The summed E-state index contributed by atoms with van der Waals surface area (Å²) in [5, 5.41) is 0. The van der Waals surface area contributed by atoms with Crippen LogP contribution in [0.3, 0.4) is 0 Å². The summed E-state index contributed by atoms with van der Waals surface area (Å²) >= 11 is 0. The van der Waals surface area contributed by atoms with Gasteiger partial charge in [0.2, 0.25) is 11.6 Å². The lowest BCUT2D eigenvalue weighted by atomic mass is 9.72. The molecular weight excluding hydrogens is 236 g/mol. The molecule has 2 rings (SSSR count). The first-order chi connectivity index (χ1) is 8.63. The lowest BCUT2D eigenvalue weighted by Crippen LogP contribution is -2.54. The SMILES string of the molecule is COC1CC2=C1C(OC)(OC)C=CC2(OC)OC. The molecular formula is C13H20O5. The Morgan fingerprint density at radius 1 is 0.889 bits per heavy atom. The lowest BCUT2D eigenvalue weighted by molar-refractivity contribution is -0.192. The third kappa shape index (κ3) is 1.59. The predicted molar refractivity (Wildman–Crippen MR) is 65.1 cm³/mol. The molecule has 0 radical (unpaired) electrons. The standard InChI is InChI=1S/C13H20O5/c1-14-10-8-9-11(10)13(17-4,18-5)7-6-12(9,15-2)16-3/h6-7,10H,8H2,1-5H3. The van der Waals surface area contributed by atoms with Crippen LogP contribution >= 0.6 is 0 Å². The van der Waals surface area contributed by atoms with Crippen LogP contribution in [0.25, 0.3) is 0 Å². The van der Waals surface area contributed by atoms with E-state index in [-0.39, 0.29) is 6.10 Å². The van der Waals surface area contributed by atoms with Crippen molar-refractivity contribution in [2.45, 2.75) is 24.1 Å². The van der Waals surface area contributed by atoms with E-state index in [4.69, 9.17) is 23.7 Å². The summed E-state index contributed by atoms with van der Waals surface area (Å²) in [7, 11) is 8.12. The van der Waals surface area contributed by atoms with Gasteiger partial charge in [-0.3, -0.25) is 0 Å². The Balaban J connectivity index is 2.49. The molecule has 0 saturated carbocycles.